The highest BCUT2D eigenvalue weighted by Gasteiger charge is 2.30. The van der Waals surface area contributed by atoms with Crippen LogP contribution in [-0.4, -0.2) is 33.6 Å². The fourth-order valence-corrected chi connectivity index (χ4v) is 1.96. The summed E-state index contributed by atoms with van der Waals surface area (Å²) < 4.78 is 1.61. The lowest BCUT2D eigenvalue weighted by Crippen LogP contribution is -2.44. The molecule has 0 aromatic carbocycles. The molecule has 2 amide bonds. The number of nitrogens with one attached hydrogen (secondary N) is 2. The van der Waals surface area contributed by atoms with E-state index in [1.165, 1.54) is 0 Å². The summed E-state index contributed by atoms with van der Waals surface area (Å²) >= 11 is 0. The van der Waals surface area contributed by atoms with Crippen LogP contribution < -0.4 is 10.6 Å². The molecule has 0 radical (unpaired) electrons. The maximum absolute atomic E-state index is 11.7. The van der Waals surface area contributed by atoms with Gasteiger partial charge in [-0.05, 0) is 5.92 Å². The summed E-state index contributed by atoms with van der Waals surface area (Å²) in [5.41, 5.74) is -0.379. The van der Waals surface area contributed by atoms with E-state index in [1.54, 1.807) is 24.0 Å². The van der Waals surface area contributed by atoms with Crippen molar-refractivity contribution in [2.75, 3.05) is 11.9 Å². The van der Waals surface area contributed by atoms with Crippen LogP contribution in [0, 0.1) is 11.3 Å². The second-order valence-electron chi connectivity index (χ2n) is 5.86. The summed E-state index contributed by atoms with van der Waals surface area (Å²) in [6.07, 6.45) is 1.28. The van der Waals surface area contributed by atoms with Crippen LogP contribution >= 0.6 is 0 Å². The summed E-state index contributed by atoms with van der Waals surface area (Å²) in [5, 5.41) is 19.5. The maximum Gasteiger partial charge on any atom is 0.320 e. The smallest absolute Gasteiger partial charge is 0.320 e. The predicted octanol–water partition coefficient (Wildman–Crippen LogP) is 1.58. The van der Waals surface area contributed by atoms with Gasteiger partial charge < -0.3 is 10.4 Å². The molecule has 6 heteroatoms. The third kappa shape index (κ3) is 4.55. The number of rotatable bonds is 5. The first-order chi connectivity index (χ1) is 8.72. The van der Waals surface area contributed by atoms with Crippen molar-refractivity contribution in [3.05, 3.63) is 12.3 Å². The SMILES string of the molecule is CC(C)[C@@H](O)C(C)(C)CNC(=O)Nc1ccn(C)n1. The van der Waals surface area contributed by atoms with Gasteiger partial charge in [0.2, 0.25) is 0 Å². The van der Waals surface area contributed by atoms with Crippen molar-refractivity contribution in [3.8, 4) is 0 Å². The van der Waals surface area contributed by atoms with Crippen LogP contribution in [0.2, 0.25) is 0 Å². The van der Waals surface area contributed by atoms with Crippen molar-refractivity contribution in [2.24, 2.45) is 18.4 Å². The first kappa shape index (κ1) is 15.5. The lowest BCUT2D eigenvalue weighted by atomic mass is 9.81. The Bertz CT molecular complexity index is 426. The number of hydrogen-bond donors (Lipinski definition) is 3. The van der Waals surface area contributed by atoms with E-state index in [0.29, 0.717) is 12.4 Å². The Labute approximate surface area is 114 Å². The number of anilines is 1. The maximum atomic E-state index is 11.7. The van der Waals surface area contributed by atoms with Crippen LogP contribution in [-0.2, 0) is 7.05 Å². The number of carbonyl (C=O) groups excluding carboxylic acids is 1. The number of nitrogens with zero attached hydrogens (tertiary/aromatic N) is 2. The number of aromatic nitrogens is 2. The van der Waals surface area contributed by atoms with Gasteiger partial charge in [0, 0.05) is 31.3 Å². The number of urea groups is 1. The van der Waals surface area contributed by atoms with Gasteiger partial charge in [-0.25, -0.2) is 4.79 Å². The van der Waals surface area contributed by atoms with E-state index in [4.69, 9.17) is 0 Å². The fourth-order valence-electron chi connectivity index (χ4n) is 1.96. The topological polar surface area (TPSA) is 79.2 Å². The number of carbonyl (C=O) groups is 1. The molecule has 3 N–H and O–H groups in total. The van der Waals surface area contributed by atoms with Gasteiger partial charge in [-0.3, -0.25) is 10.00 Å². The largest absolute Gasteiger partial charge is 0.392 e. The highest BCUT2D eigenvalue weighted by atomic mass is 16.3. The lowest BCUT2D eigenvalue weighted by Gasteiger charge is -2.33. The Kier molecular flexibility index (Phi) is 4.94. The summed E-state index contributed by atoms with van der Waals surface area (Å²) in [6, 6.07) is 1.40. The molecule has 108 valence electrons. The average Bonchev–Trinajstić information content (AvgIpc) is 2.71. The van der Waals surface area contributed by atoms with Gasteiger partial charge in [-0.2, -0.15) is 5.10 Å². The Morgan fingerprint density at radius 2 is 2.16 bits per heavy atom. The molecule has 0 bridgehead atoms. The van der Waals surface area contributed by atoms with E-state index >= 15 is 0 Å². The number of amides is 2. The summed E-state index contributed by atoms with van der Waals surface area (Å²) in [4.78, 5) is 11.7. The van der Waals surface area contributed by atoms with Crippen LogP contribution in [0.3, 0.4) is 0 Å². The highest BCUT2D eigenvalue weighted by Crippen LogP contribution is 2.25. The number of hydrogen-bond acceptors (Lipinski definition) is 3. The van der Waals surface area contributed by atoms with Crippen LogP contribution in [0.25, 0.3) is 0 Å². The molecule has 0 unspecified atom stereocenters. The second-order valence-corrected chi connectivity index (χ2v) is 5.86. The zero-order valence-corrected chi connectivity index (χ0v) is 12.3. The summed E-state index contributed by atoms with van der Waals surface area (Å²) in [5.74, 6) is 0.651. The Balaban J connectivity index is 2.45. The van der Waals surface area contributed by atoms with E-state index in [9.17, 15) is 9.90 Å². The van der Waals surface area contributed by atoms with Crippen molar-refractivity contribution >= 4 is 11.8 Å². The molecular weight excluding hydrogens is 244 g/mol. The Morgan fingerprint density at radius 3 is 2.63 bits per heavy atom. The number of aryl methyl sites for hydroxylation is 1. The fraction of sp³-hybridized carbons (Fsp3) is 0.692. The van der Waals surface area contributed by atoms with Crippen LogP contribution in [0.4, 0.5) is 10.6 Å². The van der Waals surface area contributed by atoms with E-state index in [2.05, 4.69) is 15.7 Å². The molecule has 1 rings (SSSR count). The van der Waals surface area contributed by atoms with Gasteiger partial charge in [0.15, 0.2) is 5.82 Å². The van der Waals surface area contributed by atoms with Crippen molar-refractivity contribution in [3.63, 3.8) is 0 Å². The van der Waals surface area contributed by atoms with Crippen molar-refractivity contribution < 1.29 is 9.90 Å². The quantitative estimate of drug-likeness (QED) is 0.758. The van der Waals surface area contributed by atoms with Gasteiger partial charge in [0.1, 0.15) is 0 Å². The lowest BCUT2D eigenvalue weighted by molar-refractivity contribution is 0.0154. The number of aliphatic hydroxyl groups excluding tert-OH is 1. The van der Waals surface area contributed by atoms with Crippen LogP contribution in [0.15, 0.2) is 12.3 Å². The molecule has 19 heavy (non-hydrogen) atoms. The first-order valence-electron chi connectivity index (χ1n) is 6.45. The summed E-state index contributed by atoms with van der Waals surface area (Å²) in [7, 11) is 1.78. The molecule has 0 aliphatic heterocycles. The Morgan fingerprint density at radius 1 is 1.53 bits per heavy atom. The third-order valence-electron chi connectivity index (χ3n) is 3.09. The summed E-state index contributed by atoms with van der Waals surface area (Å²) in [6.45, 7) is 8.17. The van der Waals surface area contributed by atoms with Crippen LogP contribution in [0.1, 0.15) is 27.7 Å². The molecule has 0 aliphatic rings. The van der Waals surface area contributed by atoms with Gasteiger partial charge in [0.25, 0.3) is 0 Å². The normalized spacial score (nSPS) is 13.4. The monoisotopic (exact) mass is 268 g/mol. The Hall–Kier alpha value is -1.56. The zero-order chi connectivity index (χ0) is 14.6. The molecule has 1 aromatic heterocycles. The predicted molar refractivity (Wildman–Crippen MR) is 74.9 cm³/mol. The minimum atomic E-state index is -0.470. The molecule has 0 aliphatic carbocycles. The van der Waals surface area contributed by atoms with Gasteiger partial charge >= 0.3 is 6.03 Å². The van der Waals surface area contributed by atoms with Crippen molar-refractivity contribution in [1.29, 1.82) is 0 Å². The van der Waals surface area contributed by atoms with Gasteiger partial charge in [-0.1, -0.05) is 27.7 Å². The minimum Gasteiger partial charge on any atom is -0.392 e. The van der Waals surface area contributed by atoms with E-state index in [0.717, 1.165) is 0 Å². The van der Waals surface area contributed by atoms with Crippen molar-refractivity contribution in [1.82, 2.24) is 15.1 Å². The molecular formula is C13H24N4O2. The van der Waals surface area contributed by atoms with Gasteiger partial charge in [-0.15, -0.1) is 0 Å². The molecule has 0 saturated carbocycles. The molecule has 0 fully saturated rings. The van der Waals surface area contributed by atoms with E-state index in [-0.39, 0.29) is 17.4 Å². The average molecular weight is 268 g/mol. The van der Waals surface area contributed by atoms with Gasteiger partial charge in [0.05, 0.1) is 6.10 Å². The first-order valence-corrected chi connectivity index (χ1v) is 6.45. The van der Waals surface area contributed by atoms with E-state index in [1.807, 2.05) is 27.7 Å². The highest BCUT2D eigenvalue weighted by molar-refractivity contribution is 5.88. The molecule has 6 nitrogen and oxygen atoms in total. The number of aliphatic hydroxyl groups is 1. The zero-order valence-electron chi connectivity index (χ0n) is 12.3. The third-order valence-corrected chi connectivity index (χ3v) is 3.09. The molecule has 0 spiro atoms. The minimum absolute atomic E-state index is 0.149. The second kappa shape index (κ2) is 6.06. The van der Waals surface area contributed by atoms with E-state index < -0.39 is 6.10 Å². The van der Waals surface area contributed by atoms with Crippen LogP contribution in [0.5, 0.6) is 0 Å². The van der Waals surface area contributed by atoms with Crippen molar-refractivity contribution in [2.45, 2.75) is 33.8 Å². The molecule has 1 aromatic rings. The molecule has 1 heterocycles. The molecule has 1 atom stereocenters. The standard InChI is InChI=1S/C13H24N4O2/c1-9(2)11(18)13(3,4)8-14-12(19)15-10-6-7-17(5)16-10/h6-7,9,11,18H,8H2,1-5H3,(H2,14,15,16,19)/t11-/m1/s1. The molecule has 0 saturated heterocycles.